The largest absolute Gasteiger partial charge is 0.480 e. The maximum Gasteiger partial charge on any atom is 0.326 e. The third-order valence-corrected chi connectivity index (χ3v) is 3.74. The second kappa shape index (κ2) is 6.98. The normalized spacial score (nSPS) is 12.8. The second-order valence-electron chi connectivity index (χ2n) is 6.73. The van der Waals surface area contributed by atoms with Crippen LogP contribution in [0.25, 0.3) is 11.0 Å². The van der Waals surface area contributed by atoms with E-state index in [4.69, 9.17) is 0 Å². The number of carbonyl (C=O) groups excluding carboxylic acids is 1. The molecule has 1 atom stereocenters. The quantitative estimate of drug-likeness (QED) is 0.847. The van der Waals surface area contributed by atoms with Gasteiger partial charge in [-0.1, -0.05) is 13.8 Å². The zero-order valence-electron chi connectivity index (χ0n) is 14.7. The first-order valence-corrected chi connectivity index (χ1v) is 8.09. The van der Waals surface area contributed by atoms with Gasteiger partial charge in [-0.05, 0) is 39.2 Å². The first kappa shape index (κ1) is 17.9. The smallest absolute Gasteiger partial charge is 0.326 e. The van der Waals surface area contributed by atoms with E-state index in [1.165, 1.54) is 0 Å². The molecule has 2 aromatic rings. The van der Waals surface area contributed by atoms with Crippen LogP contribution in [0.5, 0.6) is 0 Å². The number of aromatic nitrogens is 3. The van der Waals surface area contributed by atoms with Crippen molar-refractivity contribution in [1.29, 1.82) is 0 Å². The third-order valence-electron chi connectivity index (χ3n) is 3.74. The van der Waals surface area contributed by atoms with E-state index in [2.05, 4.69) is 15.4 Å². The van der Waals surface area contributed by atoms with Crippen molar-refractivity contribution in [3.05, 3.63) is 23.5 Å². The number of hydrogen-bond acceptors (Lipinski definition) is 4. The lowest BCUT2D eigenvalue weighted by Gasteiger charge is -2.17. The molecule has 2 rings (SSSR count). The molecule has 0 aliphatic carbocycles. The summed E-state index contributed by atoms with van der Waals surface area (Å²) in [7, 11) is 0. The summed E-state index contributed by atoms with van der Waals surface area (Å²) < 4.78 is 1.75. The summed E-state index contributed by atoms with van der Waals surface area (Å²) in [6.07, 6.45) is 1.98. The van der Waals surface area contributed by atoms with Crippen LogP contribution in [0.2, 0.25) is 0 Å². The first-order valence-electron chi connectivity index (χ1n) is 8.09. The summed E-state index contributed by atoms with van der Waals surface area (Å²) in [4.78, 5) is 28.5. The molecule has 7 heteroatoms. The highest BCUT2D eigenvalue weighted by molar-refractivity contribution is 6.06. The number of amides is 1. The van der Waals surface area contributed by atoms with Crippen LogP contribution in [0.15, 0.2) is 12.3 Å². The molecule has 0 bridgehead atoms. The van der Waals surface area contributed by atoms with Crippen molar-refractivity contribution in [1.82, 2.24) is 20.1 Å². The van der Waals surface area contributed by atoms with Gasteiger partial charge in [0.15, 0.2) is 5.65 Å². The lowest BCUT2D eigenvalue weighted by molar-refractivity contribution is -0.139. The zero-order chi connectivity index (χ0) is 18.0. The molecule has 2 aromatic heterocycles. The summed E-state index contributed by atoms with van der Waals surface area (Å²) in [5.41, 5.74) is 1.72. The van der Waals surface area contributed by atoms with Crippen LogP contribution in [0.1, 0.15) is 56.2 Å². The number of carboxylic acids is 1. The van der Waals surface area contributed by atoms with Crippen LogP contribution in [0.3, 0.4) is 0 Å². The van der Waals surface area contributed by atoms with Gasteiger partial charge in [-0.3, -0.25) is 4.79 Å². The molecule has 1 amide bonds. The molecule has 0 aliphatic heterocycles. The molecule has 0 aliphatic rings. The van der Waals surface area contributed by atoms with Crippen molar-refractivity contribution in [2.24, 2.45) is 5.92 Å². The van der Waals surface area contributed by atoms with Crippen LogP contribution < -0.4 is 5.32 Å². The topological polar surface area (TPSA) is 97.1 Å². The predicted molar refractivity (Wildman–Crippen MR) is 91.0 cm³/mol. The molecule has 0 radical (unpaired) electrons. The number of rotatable bonds is 6. The van der Waals surface area contributed by atoms with E-state index in [1.54, 1.807) is 23.9 Å². The Morgan fingerprint density at radius 3 is 2.50 bits per heavy atom. The zero-order valence-corrected chi connectivity index (χ0v) is 14.7. The maximum atomic E-state index is 12.6. The molecule has 7 nitrogen and oxygen atoms in total. The molecule has 0 saturated heterocycles. The fourth-order valence-corrected chi connectivity index (χ4v) is 2.64. The number of fused-ring (bicyclic) bond motifs is 1. The van der Waals surface area contributed by atoms with Gasteiger partial charge in [0.05, 0.1) is 17.1 Å². The highest BCUT2D eigenvalue weighted by Crippen LogP contribution is 2.21. The molecule has 2 heterocycles. The molecule has 0 fully saturated rings. The average Bonchev–Trinajstić information content (AvgIpc) is 2.88. The average molecular weight is 332 g/mol. The van der Waals surface area contributed by atoms with Crippen molar-refractivity contribution in [2.75, 3.05) is 0 Å². The highest BCUT2D eigenvalue weighted by Gasteiger charge is 2.24. The van der Waals surface area contributed by atoms with Gasteiger partial charge < -0.3 is 10.4 Å². The van der Waals surface area contributed by atoms with Crippen molar-refractivity contribution in [3.8, 4) is 0 Å². The minimum Gasteiger partial charge on any atom is -0.480 e. The van der Waals surface area contributed by atoms with Gasteiger partial charge in [-0.2, -0.15) is 5.10 Å². The van der Waals surface area contributed by atoms with E-state index >= 15 is 0 Å². The molecular weight excluding hydrogens is 308 g/mol. The van der Waals surface area contributed by atoms with Crippen molar-refractivity contribution in [3.63, 3.8) is 0 Å². The summed E-state index contributed by atoms with van der Waals surface area (Å²) in [6, 6.07) is 0.861. The molecular formula is C17H24N4O3. The van der Waals surface area contributed by atoms with Crippen LogP contribution in [0.4, 0.5) is 0 Å². The summed E-state index contributed by atoms with van der Waals surface area (Å²) in [5.74, 6) is -1.28. The minimum absolute atomic E-state index is 0.112. The Hall–Kier alpha value is -2.44. The highest BCUT2D eigenvalue weighted by atomic mass is 16.4. The number of carbonyl (C=O) groups is 2. The van der Waals surface area contributed by atoms with Gasteiger partial charge in [0.1, 0.15) is 6.04 Å². The van der Waals surface area contributed by atoms with E-state index in [0.717, 1.165) is 0 Å². The molecule has 0 aromatic carbocycles. The summed E-state index contributed by atoms with van der Waals surface area (Å²) in [5, 5.41) is 16.9. The van der Waals surface area contributed by atoms with Gasteiger partial charge in [0.25, 0.3) is 5.91 Å². The van der Waals surface area contributed by atoms with Crippen LogP contribution >= 0.6 is 0 Å². The number of nitrogens with one attached hydrogen (secondary N) is 1. The fourth-order valence-electron chi connectivity index (χ4n) is 2.64. The van der Waals surface area contributed by atoms with Crippen LogP contribution in [-0.2, 0) is 4.79 Å². The number of aryl methyl sites for hydroxylation is 1. The van der Waals surface area contributed by atoms with Gasteiger partial charge in [-0.25, -0.2) is 14.5 Å². The SMILES string of the molecule is Cc1cc(C(=O)N[C@H](CC(C)C)C(=O)O)c2cnn(C(C)C)c2n1. The molecule has 2 N–H and O–H groups in total. The van der Waals surface area contributed by atoms with Gasteiger partial charge in [0, 0.05) is 11.7 Å². The monoisotopic (exact) mass is 332 g/mol. The lowest BCUT2D eigenvalue weighted by atomic mass is 10.0. The number of nitrogens with zero attached hydrogens (tertiary/aromatic N) is 3. The van der Waals surface area contributed by atoms with E-state index < -0.39 is 17.9 Å². The molecule has 0 unspecified atom stereocenters. The van der Waals surface area contributed by atoms with E-state index in [1.807, 2.05) is 27.7 Å². The lowest BCUT2D eigenvalue weighted by Crippen LogP contribution is -2.41. The standard InChI is InChI=1S/C17H24N4O3/c1-9(2)6-14(17(23)24)20-16(22)12-7-11(5)19-15-13(12)8-18-21(15)10(3)4/h7-10,14H,6H2,1-5H3,(H,20,22)(H,23,24)/t14-/m1/s1. The Labute approximate surface area is 141 Å². The second-order valence-corrected chi connectivity index (χ2v) is 6.73. The van der Waals surface area contributed by atoms with Crippen molar-refractivity contribution < 1.29 is 14.7 Å². The molecule has 24 heavy (non-hydrogen) atoms. The Kier molecular flexibility index (Phi) is 5.21. The first-order chi connectivity index (χ1) is 11.2. The Morgan fingerprint density at radius 1 is 1.29 bits per heavy atom. The number of carboxylic acid groups (broad SMARTS) is 1. The Balaban J connectivity index is 2.40. The fraction of sp³-hybridized carbons (Fsp3) is 0.529. The number of hydrogen-bond donors (Lipinski definition) is 2. The van der Waals surface area contributed by atoms with E-state index in [9.17, 15) is 14.7 Å². The van der Waals surface area contributed by atoms with Crippen LogP contribution in [0, 0.1) is 12.8 Å². The van der Waals surface area contributed by atoms with Gasteiger partial charge in [-0.15, -0.1) is 0 Å². The van der Waals surface area contributed by atoms with Gasteiger partial charge in [0.2, 0.25) is 0 Å². The number of aliphatic carboxylic acids is 1. The Morgan fingerprint density at radius 2 is 1.96 bits per heavy atom. The van der Waals surface area contributed by atoms with Crippen molar-refractivity contribution in [2.45, 2.75) is 53.1 Å². The van der Waals surface area contributed by atoms with Crippen LogP contribution in [-0.4, -0.2) is 37.8 Å². The molecule has 130 valence electrons. The molecule has 0 spiro atoms. The van der Waals surface area contributed by atoms with E-state index in [-0.39, 0.29) is 12.0 Å². The maximum absolute atomic E-state index is 12.6. The summed E-state index contributed by atoms with van der Waals surface area (Å²) in [6.45, 7) is 9.61. The third kappa shape index (κ3) is 3.72. The predicted octanol–water partition coefficient (Wildman–Crippen LogP) is 2.55. The van der Waals surface area contributed by atoms with E-state index in [0.29, 0.717) is 28.7 Å². The van der Waals surface area contributed by atoms with Gasteiger partial charge >= 0.3 is 5.97 Å². The minimum atomic E-state index is -1.03. The van der Waals surface area contributed by atoms with Crippen molar-refractivity contribution >= 4 is 22.9 Å². The summed E-state index contributed by atoms with van der Waals surface area (Å²) >= 11 is 0. The molecule has 0 saturated carbocycles. The Bertz CT molecular complexity index is 765. The number of pyridine rings is 1.